The first-order chi connectivity index (χ1) is 20.9. The molecule has 0 N–H and O–H groups in total. The summed E-state index contributed by atoms with van der Waals surface area (Å²) < 4.78 is 55.7. The molecule has 1 atom stereocenters. The van der Waals surface area contributed by atoms with Crippen LogP contribution in [0.1, 0.15) is 29.7 Å². The predicted octanol–water partition coefficient (Wildman–Crippen LogP) is 7.64. The number of fused-ring (bicyclic) bond motifs is 1. The Bertz CT molecular complexity index is 1980. The van der Waals surface area contributed by atoms with Crippen LogP contribution in [0.5, 0.6) is 5.75 Å². The first-order valence-electron chi connectivity index (χ1n) is 12.8. The number of hydrogen-bond donors (Lipinski definition) is 0. The maximum Gasteiger partial charge on any atom is 0.434 e. The van der Waals surface area contributed by atoms with Crippen LogP contribution in [0.3, 0.4) is 0 Å². The lowest BCUT2D eigenvalue weighted by molar-refractivity contribution is -0.140. The summed E-state index contributed by atoms with van der Waals surface area (Å²) in [7, 11) is 0. The van der Waals surface area contributed by atoms with Crippen LogP contribution >= 0.6 is 62.1 Å². The Morgan fingerprint density at radius 2 is 1.80 bits per heavy atom. The van der Waals surface area contributed by atoms with E-state index in [-0.39, 0.29) is 28.1 Å². The van der Waals surface area contributed by atoms with Gasteiger partial charge in [-0.1, -0.05) is 70.4 Å². The highest BCUT2D eigenvalue weighted by Gasteiger charge is 2.45. The van der Waals surface area contributed by atoms with E-state index in [0.29, 0.717) is 30.9 Å². The summed E-state index contributed by atoms with van der Waals surface area (Å²) in [5.41, 5.74) is -1.58. The molecule has 3 aromatic carbocycles. The second-order valence-electron chi connectivity index (χ2n) is 9.34. The van der Waals surface area contributed by atoms with Gasteiger partial charge in [0.15, 0.2) is 10.5 Å². The number of ether oxygens (including phenoxy) is 2. The van der Waals surface area contributed by atoms with Crippen LogP contribution in [0.2, 0.25) is 15.1 Å². The van der Waals surface area contributed by atoms with E-state index < -0.39 is 35.0 Å². The zero-order valence-corrected chi connectivity index (χ0v) is 27.1. The summed E-state index contributed by atoms with van der Waals surface area (Å²) >= 11 is 22.6. The summed E-state index contributed by atoms with van der Waals surface area (Å²) in [6.45, 7) is 1.40. The summed E-state index contributed by atoms with van der Waals surface area (Å²) in [5.74, 6) is -0.911. The van der Waals surface area contributed by atoms with Crippen molar-refractivity contribution >= 4 is 74.1 Å². The predicted molar refractivity (Wildman–Crippen MR) is 167 cm³/mol. The van der Waals surface area contributed by atoms with E-state index in [1.54, 1.807) is 30.3 Å². The molecule has 1 aromatic heterocycles. The zero-order valence-electron chi connectivity index (χ0n) is 22.4. The van der Waals surface area contributed by atoms with Gasteiger partial charge in [0.2, 0.25) is 0 Å². The lowest BCUT2D eigenvalue weighted by atomic mass is 9.95. The summed E-state index contributed by atoms with van der Waals surface area (Å²) in [4.78, 5) is 30.5. The molecular formula is C30H19BrCl3F3N2O4S. The number of alkyl halides is 3. The molecule has 4 aromatic rings. The van der Waals surface area contributed by atoms with Gasteiger partial charge in [0.1, 0.15) is 12.4 Å². The molecule has 0 saturated heterocycles. The number of halogens is 7. The SMILES string of the molecule is CCOC(=O)C1=C(C(F)(F)F)N=c2s/c(=C\c3cc(Cl)cc(Br)c3OCc3cccc(Cl)c3)c(=O)n2[C@H]1c1ccc(Cl)cc1. The minimum absolute atomic E-state index is 0.0242. The Balaban J connectivity index is 1.71. The molecule has 0 radical (unpaired) electrons. The van der Waals surface area contributed by atoms with Crippen LogP contribution in [-0.2, 0) is 16.1 Å². The summed E-state index contributed by atoms with van der Waals surface area (Å²) in [5, 5.41) is 1.16. The fourth-order valence-electron chi connectivity index (χ4n) is 4.56. The van der Waals surface area contributed by atoms with E-state index in [1.165, 1.54) is 37.3 Å². The second kappa shape index (κ2) is 13.1. The van der Waals surface area contributed by atoms with Crippen LogP contribution in [0, 0.1) is 0 Å². The van der Waals surface area contributed by atoms with Crippen LogP contribution < -0.4 is 19.6 Å². The van der Waals surface area contributed by atoms with Gasteiger partial charge in [-0.15, -0.1) is 0 Å². The third-order valence-electron chi connectivity index (χ3n) is 6.38. The fourth-order valence-corrected chi connectivity index (χ4v) is 6.84. The molecule has 1 aliphatic heterocycles. The number of carbonyl (C=O) groups excluding carboxylic acids is 1. The van der Waals surface area contributed by atoms with Gasteiger partial charge in [-0.05, 0) is 76.5 Å². The normalized spacial score (nSPS) is 15.2. The Morgan fingerprint density at radius 3 is 2.45 bits per heavy atom. The maximum atomic E-state index is 14.4. The second-order valence-corrected chi connectivity index (χ2v) is 12.5. The van der Waals surface area contributed by atoms with Gasteiger partial charge < -0.3 is 9.47 Å². The number of nitrogens with zero attached hydrogens (tertiary/aromatic N) is 2. The monoisotopic (exact) mass is 744 g/mol. The van der Waals surface area contributed by atoms with Crippen molar-refractivity contribution in [1.82, 2.24) is 4.57 Å². The molecule has 0 bridgehead atoms. The average Bonchev–Trinajstić information content (AvgIpc) is 3.26. The molecule has 0 amide bonds. The number of carbonyl (C=O) groups is 1. The van der Waals surface area contributed by atoms with Crippen molar-refractivity contribution in [2.75, 3.05) is 6.61 Å². The Kier molecular flexibility index (Phi) is 9.62. The number of allylic oxidation sites excluding steroid dienone is 1. The molecule has 2 heterocycles. The van der Waals surface area contributed by atoms with Gasteiger partial charge in [0.25, 0.3) is 5.56 Å². The molecule has 1 aliphatic rings. The van der Waals surface area contributed by atoms with Crippen LogP contribution in [0.25, 0.3) is 6.08 Å². The highest BCUT2D eigenvalue weighted by Crippen LogP contribution is 2.39. The van der Waals surface area contributed by atoms with E-state index in [4.69, 9.17) is 44.3 Å². The third-order valence-corrected chi connectivity index (χ3v) is 8.65. The Morgan fingerprint density at radius 1 is 1.07 bits per heavy atom. The third kappa shape index (κ3) is 6.77. The number of esters is 1. The van der Waals surface area contributed by atoms with Crippen molar-refractivity contribution < 1.29 is 27.4 Å². The molecule has 0 fully saturated rings. The topological polar surface area (TPSA) is 69.9 Å². The number of aromatic nitrogens is 1. The zero-order chi connectivity index (χ0) is 31.8. The van der Waals surface area contributed by atoms with Crippen molar-refractivity contribution in [3.63, 3.8) is 0 Å². The van der Waals surface area contributed by atoms with E-state index in [9.17, 15) is 22.8 Å². The highest BCUT2D eigenvalue weighted by molar-refractivity contribution is 9.10. The molecule has 0 saturated carbocycles. The van der Waals surface area contributed by atoms with E-state index in [2.05, 4.69) is 20.9 Å². The Hall–Kier alpha value is -3.09. The van der Waals surface area contributed by atoms with Crippen molar-refractivity contribution in [3.8, 4) is 5.75 Å². The molecular weight excluding hydrogens is 728 g/mol. The summed E-state index contributed by atoms with van der Waals surface area (Å²) in [6, 6.07) is 14.5. The van der Waals surface area contributed by atoms with Gasteiger partial charge in [0, 0.05) is 20.6 Å². The molecule has 14 heteroatoms. The minimum atomic E-state index is -5.03. The first kappa shape index (κ1) is 32.3. The van der Waals surface area contributed by atoms with E-state index >= 15 is 0 Å². The molecule has 0 aliphatic carbocycles. The van der Waals surface area contributed by atoms with Gasteiger partial charge >= 0.3 is 12.1 Å². The standard InChI is InChI=1S/C30H19BrCl3F3N2O4S/c1-2-42-28(41)23-24(16-6-8-18(32)9-7-16)39-27(40)22(44-29(39)38-26(23)30(35,36)37)12-17-11-20(34)13-21(31)25(17)43-14-15-4-3-5-19(33)10-15/h3-13,24H,2,14H2,1H3/b22-12-/t24-/m0/s1. The first-order valence-corrected chi connectivity index (χ1v) is 15.5. The smallest absolute Gasteiger partial charge is 0.434 e. The largest absolute Gasteiger partial charge is 0.487 e. The quantitative estimate of drug-likeness (QED) is 0.183. The number of benzene rings is 3. The van der Waals surface area contributed by atoms with Crippen LogP contribution in [0.4, 0.5) is 13.2 Å². The number of thiazole rings is 1. The van der Waals surface area contributed by atoms with Crippen molar-refractivity contribution in [2.24, 2.45) is 4.99 Å². The lowest BCUT2D eigenvalue weighted by Crippen LogP contribution is -2.41. The lowest BCUT2D eigenvalue weighted by Gasteiger charge is -2.26. The highest BCUT2D eigenvalue weighted by atomic mass is 79.9. The molecule has 5 rings (SSSR count). The average molecular weight is 747 g/mol. The van der Waals surface area contributed by atoms with Crippen molar-refractivity contribution in [3.05, 3.63) is 128 Å². The molecule has 228 valence electrons. The number of hydrogen-bond acceptors (Lipinski definition) is 6. The molecule has 6 nitrogen and oxygen atoms in total. The molecule has 44 heavy (non-hydrogen) atoms. The fraction of sp³-hybridized carbons (Fsp3) is 0.167. The van der Waals surface area contributed by atoms with E-state index in [1.807, 2.05) is 6.07 Å². The van der Waals surface area contributed by atoms with Gasteiger partial charge in [0.05, 0.1) is 27.2 Å². The van der Waals surface area contributed by atoms with Gasteiger partial charge in [-0.2, -0.15) is 13.2 Å². The summed E-state index contributed by atoms with van der Waals surface area (Å²) in [6.07, 6.45) is -3.57. The Labute approximate surface area is 275 Å². The molecule has 0 spiro atoms. The van der Waals surface area contributed by atoms with Gasteiger partial charge in [-0.25, -0.2) is 9.79 Å². The van der Waals surface area contributed by atoms with Gasteiger partial charge in [-0.3, -0.25) is 9.36 Å². The van der Waals surface area contributed by atoms with Crippen molar-refractivity contribution in [2.45, 2.75) is 25.7 Å². The van der Waals surface area contributed by atoms with E-state index in [0.717, 1.165) is 21.5 Å². The van der Waals surface area contributed by atoms with Crippen molar-refractivity contribution in [1.29, 1.82) is 0 Å². The minimum Gasteiger partial charge on any atom is -0.487 e. The molecule has 0 unspecified atom stereocenters. The number of rotatable bonds is 7. The van der Waals surface area contributed by atoms with Crippen LogP contribution in [0.15, 0.2) is 86.2 Å². The van der Waals surface area contributed by atoms with Crippen LogP contribution in [-0.4, -0.2) is 23.3 Å². The maximum absolute atomic E-state index is 14.4.